The Morgan fingerprint density at radius 2 is 1.86 bits per heavy atom. The number of ether oxygens (including phenoxy) is 2. The predicted octanol–water partition coefficient (Wildman–Crippen LogP) is 1.22. The van der Waals surface area contributed by atoms with Crippen molar-refractivity contribution in [3.05, 3.63) is 35.5 Å². The third-order valence-corrected chi connectivity index (χ3v) is 5.20. The molecule has 8 nitrogen and oxygen atoms in total. The second-order valence-corrected chi connectivity index (χ2v) is 7.20. The summed E-state index contributed by atoms with van der Waals surface area (Å²) in [5.74, 6) is -0.130. The van der Waals surface area contributed by atoms with Crippen molar-refractivity contribution in [2.24, 2.45) is 0 Å². The summed E-state index contributed by atoms with van der Waals surface area (Å²) in [7, 11) is 1.28. The van der Waals surface area contributed by atoms with E-state index < -0.39 is 5.97 Å². The smallest absolute Gasteiger partial charge is 0.337 e. The van der Waals surface area contributed by atoms with E-state index in [9.17, 15) is 9.59 Å². The van der Waals surface area contributed by atoms with Crippen LogP contribution in [-0.2, 0) is 14.3 Å². The van der Waals surface area contributed by atoms with E-state index in [1.54, 1.807) is 12.1 Å². The lowest BCUT2D eigenvalue weighted by Crippen LogP contribution is -2.33. The van der Waals surface area contributed by atoms with Gasteiger partial charge in [-0.25, -0.2) is 4.79 Å². The molecule has 1 aromatic rings. The number of β-amino-alcohol motifs (C(OH)–C–C–N with tert-alkyl or cyclic N) is 1. The lowest BCUT2D eigenvalue weighted by Gasteiger charge is -2.26. The van der Waals surface area contributed by atoms with Crippen LogP contribution in [-0.4, -0.2) is 79.8 Å². The van der Waals surface area contributed by atoms with Crippen LogP contribution in [0.2, 0.25) is 0 Å². The number of nitrogens with zero attached hydrogens (tertiary/aromatic N) is 2. The lowest BCUT2D eigenvalue weighted by molar-refractivity contribution is -0.136. The van der Waals surface area contributed by atoms with Crippen LogP contribution >= 0.6 is 0 Å². The summed E-state index contributed by atoms with van der Waals surface area (Å²) in [4.78, 5) is 28.4. The average molecular weight is 403 g/mol. The van der Waals surface area contributed by atoms with Gasteiger partial charge in [-0.1, -0.05) is 6.42 Å². The van der Waals surface area contributed by atoms with Gasteiger partial charge in [0.15, 0.2) is 0 Å². The van der Waals surface area contributed by atoms with Crippen LogP contribution in [0.5, 0.6) is 5.75 Å². The fourth-order valence-corrected chi connectivity index (χ4v) is 3.60. The molecule has 1 aromatic carbocycles. The molecule has 0 spiro atoms. The van der Waals surface area contributed by atoms with E-state index in [2.05, 4.69) is 10.2 Å². The Balaban J connectivity index is 1.58. The molecule has 158 valence electrons. The van der Waals surface area contributed by atoms with E-state index >= 15 is 0 Å². The van der Waals surface area contributed by atoms with Crippen molar-refractivity contribution in [2.75, 3.05) is 58.4 Å². The van der Waals surface area contributed by atoms with Crippen molar-refractivity contribution in [3.8, 4) is 5.75 Å². The summed E-state index contributed by atoms with van der Waals surface area (Å²) >= 11 is 0. The number of anilines is 1. The summed E-state index contributed by atoms with van der Waals surface area (Å²) < 4.78 is 10.6. The maximum Gasteiger partial charge on any atom is 0.337 e. The first-order valence-corrected chi connectivity index (χ1v) is 10.1. The first-order chi connectivity index (χ1) is 14.1. The van der Waals surface area contributed by atoms with Crippen molar-refractivity contribution in [1.29, 1.82) is 0 Å². The number of benzene rings is 1. The first-order valence-electron chi connectivity index (χ1n) is 10.1. The monoisotopic (exact) mass is 403 g/mol. The minimum Gasteiger partial charge on any atom is -0.492 e. The summed E-state index contributed by atoms with van der Waals surface area (Å²) in [6.07, 6.45) is 3.84. The standard InChI is InChI=1S/C21H29N3O5/c1-28-21(27)18-15-24(11-13-25)20(26)19(18)22-16-5-7-17(8-6-16)29-14-12-23-9-3-2-4-10-23/h5-8,22,25H,2-4,9-15H2,1H3. The van der Waals surface area contributed by atoms with Gasteiger partial charge in [0.25, 0.3) is 5.91 Å². The van der Waals surface area contributed by atoms with Crippen LogP contribution in [0.4, 0.5) is 5.69 Å². The zero-order valence-corrected chi connectivity index (χ0v) is 16.9. The molecule has 29 heavy (non-hydrogen) atoms. The summed E-state index contributed by atoms with van der Waals surface area (Å²) in [6.45, 7) is 3.96. The number of amides is 1. The second kappa shape index (κ2) is 10.3. The van der Waals surface area contributed by atoms with Gasteiger partial charge in [-0.3, -0.25) is 9.69 Å². The van der Waals surface area contributed by atoms with Crippen molar-refractivity contribution in [3.63, 3.8) is 0 Å². The highest BCUT2D eigenvalue weighted by Crippen LogP contribution is 2.24. The zero-order valence-electron chi connectivity index (χ0n) is 16.9. The highest BCUT2D eigenvalue weighted by molar-refractivity contribution is 6.08. The topological polar surface area (TPSA) is 91.3 Å². The van der Waals surface area contributed by atoms with Gasteiger partial charge in [0, 0.05) is 18.8 Å². The number of likely N-dealkylation sites (tertiary alicyclic amines) is 1. The second-order valence-electron chi connectivity index (χ2n) is 7.20. The van der Waals surface area contributed by atoms with Crippen LogP contribution in [0.3, 0.4) is 0 Å². The van der Waals surface area contributed by atoms with Gasteiger partial charge in [0.05, 0.1) is 25.8 Å². The third-order valence-electron chi connectivity index (χ3n) is 5.20. The quantitative estimate of drug-likeness (QED) is 0.599. The van der Waals surface area contributed by atoms with Gasteiger partial charge in [-0.15, -0.1) is 0 Å². The van der Waals surface area contributed by atoms with Gasteiger partial charge < -0.3 is 24.8 Å². The van der Waals surface area contributed by atoms with Crippen molar-refractivity contribution >= 4 is 17.6 Å². The first kappa shape index (κ1) is 21.1. The molecule has 1 fully saturated rings. The molecular formula is C21H29N3O5. The predicted molar refractivity (Wildman–Crippen MR) is 109 cm³/mol. The molecule has 0 aromatic heterocycles. The van der Waals surface area contributed by atoms with Crippen LogP contribution in [0.25, 0.3) is 0 Å². The number of piperidine rings is 1. The zero-order chi connectivity index (χ0) is 20.6. The van der Waals surface area contributed by atoms with Crippen LogP contribution < -0.4 is 10.1 Å². The molecule has 1 saturated heterocycles. The summed E-state index contributed by atoms with van der Waals surface area (Å²) in [5, 5.41) is 12.1. The molecule has 2 N–H and O–H groups in total. The molecule has 1 amide bonds. The van der Waals surface area contributed by atoms with Crippen molar-refractivity contribution in [2.45, 2.75) is 19.3 Å². The Hall–Kier alpha value is -2.58. The number of hydrogen-bond donors (Lipinski definition) is 2. The fraction of sp³-hybridized carbons (Fsp3) is 0.524. The number of nitrogens with one attached hydrogen (secondary N) is 1. The van der Waals surface area contributed by atoms with E-state index in [1.807, 2.05) is 12.1 Å². The van der Waals surface area contributed by atoms with Crippen LogP contribution in [0.1, 0.15) is 19.3 Å². The number of esters is 1. The van der Waals surface area contributed by atoms with Gasteiger partial charge in [-0.2, -0.15) is 0 Å². The minimum atomic E-state index is -0.557. The average Bonchev–Trinajstić information content (AvgIpc) is 3.05. The number of methoxy groups -OCH3 is 1. The van der Waals surface area contributed by atoms with Crippen molar-refractivity contribution in [1.82, 2.24) is 9.80 Å². The van der Waals surface area contributed by atoms with Gasteiger partial charge in [0.1, 0.15) is 18.1 Å². The minimum absolute atomic E-state index is 0.117. The highest BCUT2D eigenvalue weighted by atomic mass is 16.5. The van der Waals surface area contributed by atoms with Gasteiger partial charge >= 0.3 is 5.97 Å². The number of carbonyl (C=O) groups excluding carboxylic acids is 2. The third kappa shape index (κ3) is 5.48. The number of rotatable bonds is 9. The van der Waals surface area contributed by atoms with E-state index in [0.717, 1.165) is 25.4 Å². The largest absolute Gasteiger partial charge is 0.492 e. The molecule has 0 bridgehead atoms. The lowest BCUT2D eigenvalue weighted by atomic mass is 10.1. The number of aliphatic hydroxyl groups is 1. The highest BCUT2D eigenvalue weighted by Gasteiger charge is 2.34. The van der Waals surface area contributed by atoms with E-state index in [-0.39, 0.29) is 36.9 Å². The normalized spacial score (nSPS) is 17.6. The van der Waals surface area contributed by atoms with E-state index in [1.165, 1.54) is 31.3 Å². The maximum absolute atomic E-state index is 12.5. The maximum atomic E-state index is 12.5. The van der Waals surface area contributed by atoms with Crippen LogP contribution in [0.15, 0.2) is 35.5 Å². The Morgan fingerprint density at radius 1 is 1.14 bits per heavy atom. The summed E-state index contributed by atoms with van der Waals surface area (Å²) in [5.41, 5.74) is 1.11. The molecule has 2 aliphatic heterocycles. The number of carbonyl (C=O) groups is 2. The van der Waals surface area contributed by atoms with Gasteiger partial charge in [0.2, 0.25) is 0 Å². The van der Waals surface area contributed by atoms with Gasteiger partial charge in [-0.05, 0) is 50.2 Å². The SMILES string of the molecule is COC(=O)C1=C(Nc2ccc(OCCN3CCCCC3)cc2)C(=O)N(CCO)C1. The Labute approximate surface area is 171 Å². The Bertz CT molecular complexity index is 741. The Kier molecular flexibility index (Phi) is 7.48. The van der Waals surface area contributed by atoms with E-state index in [4.69, 9.17) is 14.6 Å². The molecule has 3 rings (SSSR count). The van der Waals surface area contributed by atoms with Crippen LogP contribution in [0, 0.1) is 0 Å². The van der Waals surface area contributed by atoms with E-state index in [0.29, 0.717) is 12.3 Å². The fourth-order valence-electron chi connectivity index (χ4n) is 3.60. The number of hydrogen-bond acceptors (Lipinski definition) is 7. The number of aliphatic hydroxyl groups excluding tert-OH is 1. The molecule has 8 heteroatoms. The van der Waals surface area contributed by atoms with Crippen molar-refractivity contribution < 1.29 is 24.2 Å². The summed E-state index contributed by atoms with van der Waals surface area (Å²) in [6, 6.07) is 7.28. The Morgan fingerprint density at radius 3 is 2.52 bits per heavy atom. The molecule has 0 unspecified atom stereocenters. The molecule has 2 heterocycles. The molecular weight excluding hydrogens is 374 g/mol. The molecule has 0 radical (unpaired) electrons. The molecule has 2 aliphatic rings. The molecule has 0 atom stereocenters. The molecule has 0 aliphatic carbocycles. The molecule has 0 saturated carbocycles.